The lowest BCUT2D eigenvalue weighted by atomic mass is 9.96. The zero-order valence-corrected chi connectivity index (χ0v) is 17.3. The second-order valence-corrected chi connectivity index (χ2v) is 8.25. The number of carbonyl (C=O) groups excluding carboxylic acids is 1. The van der Waals surface area contributed by atoms with Gasteiger partial charge in [0.2, 0.25) is 0 Å². The van der Waals surface area contributed by atoms with Gasteiger partial charge in [-0.05, 0) is 44.4 Å². The summed E-state index contributed by atoms with van der Waals surface area (Å²) in [5.41, 5.74) is 6.70. The first-order chi connectivity index (χ1) is 14.5. The number of anilines is 1. The van der Waals surface area contributed by atoms with Gasteiger partial charge in [0, 0.05) is 40.8 Å². The van der Waals surface area contributed by atoms with Crippen LogP contribution in [0.25, 0.3) is 22.4 Å². The molecule has 0 spiro atoms. The van der Waals surface area contributed by atoms with E-state index in [-0.39, 0.29) is 12.6 Å². The van der Waals surface area contributed by atoms with Crippen molar-refractivity contribution < 1.29 is 9.18 Å². The fourth-order valence-electron chi connectivity index (χ4n) is 4.16. The lowest BCUT2D eigenvalue weighted by molar-refractivity contribution is -0.119. The number of pyridine rings is 3. The van der Waals surface area contributed by atoms with E-state index in [4.69, 9.17) is 0 Å². The van der Waals surface area contributed by atoms with E-state index in [1.165, 1.54) is 5.56 Å². The Balaban J connectivity index is 1.61. The van der Waals surface area contributed by atoms with Gasteiger partial charge in [-0.2, -0.15) is 4.99 Å². The second kappa shape index (κ2) is 7.00. The van der Waals surface area contributed by atoms with Gasteiger partial charge in [0.15, 0.2) is 5.49 Å². The summed E-state index contributed by atoms with van der Waals surface area (Å²) in [4.78, 5) is 25.0. The van der Waals surface area contributed by atoms with Crippen LogP contribution in [0, 0.1) is 12.8 Å². The molecule has 0 radical (unpaired) electrons. The summed E-state index contributed by atoms with van der Waals surface area (Å²) < 4.78 is 15.3. The molecule has 1 amide bonds. The Bertz CT molecular complexity index is 1200. The first-order valence-electron chi connectivity index (χ1n) is 10.5. The second-order valence-electron chi connectivity index (χ2n) is 8.25. The topological polar surface area (TPSA) is 72.2 Å². The number of carbonyl (C=O) groups is 1. The average molecular weight is 405 g/mol. The highest BCUT2D eigenvalue weighted by Gasteiger charge is 2.43. The van der Waals surface area contributed by atoms with Gasteiger partial charge >= 0.3 is 0 Å². The number of rotatable bonds is 4. The van der Waals surface area contributed by atoms with Crippen molar-refractivity contribution in [2.75, 3.05) is 5.32 Å². The van der Waals surface area contributed by atoms with Crippen molar-refractivity contribution in [2.24, 2.45) is 10.9 Å². The van der Waals surface area contributed by atoms with E-state index in [0.717, 1.165) is 46.7 Å². The highest BCUT2D eigenvalue weighted by Crippen LogP contribution is 2.44. The molecule has 1 fully saturated rings. The molecular weight excluding hydrogens is 381 g/mol. The van der Waals surface area contributed by atoms with Gasteiger partial charge in [-0.1, -0.05) is 13.3 Å². The molecule has 1 aromatic rings. The molecule has 4 aliphatic rings. The highest BCUT2D eigenvalue weighted by atomic mass is 19.1. The predicted octanol–water partition coefficient (Wildman–Crippen LogP) is 4.04. The van der Waals surface area contributed by atoms with Crippen LogP contribution < -0.4 is 10.8 Å². The predicted molar refractivity (Wildman–Crippen MR) is 113 cm³/mol. The number of halogens is 1. The van der Waals surface area contributed by atoms with Crippen LogP contribution in [-0.2, 0) is 11.2 Å². The Hall–Kier alpha value is -3.09. The van der Waals surface area contributed by atoms with Crippen molar-refractivity contribution in [1.82, 2.24) is 14.5 Å². The molecule has 5 rings (SSSR count). The summed E-state index contributed by atoms with van der Waals surface area (Å²) in [6.07, 6.45) is 5.06. The van der Waals surface area contributed by atoms with E-state index in [0.29, 0.717) is 5.49 Å². The molecule has 3 atom stereocenters. The molecule has 1 aliphatic carbocycles. The highest BCUT2D eigenvalue weighted by molar-refractivity contribution is 5.86. The third-order valence-corrected chi connectivity index (χ3v) is 5.90. The van der Waals surface area contributed by atoms with Crippen molar-refractivity contribution in [3.8, 4) is 22.4 Å². The Morgan fingerprint density at radius 1 is 1.27 bits per heavy atom. The van der Waals surface area contributed by atoms with Crippen LogP contribution in [0.5, 0.6) is 0 Å². The Morgan fingerprint density at radius 3 is 2.73 bits per heavy atom. The number of aromatic nitrogens is 3. The summed E-state index contributed by atoms with van der Waals surface area (Å²) in [6.45, 7) is 6.34. The fourth-order valence-corrected chi connectivity index (χ4v) is 4.16. The number of fused-ring (bicyclic) bond motifs is 3. The van der Waals surface area contributed by atoms with Crippen LogP contribution in [-0.4, -0.2) is 26.6 Å². The Labute approximate surface area is 174 Å². The van der Waals surface area contributed by atoms with Gasteiger partial charge in [0.25, 0.3) is 5.91 Å². The molecule has 0 aromatic carbocycles. The van der Waals surface area contributed by atoms with E-state index in [9.17, 15) is 9.18 Å². The van der Waals surface area contributed by atoms with Gasteiger partial charge in [-0.25, -0.2) is 9.37 Å². The zero-order valence-electron chi connectivity index (χ0n) is 17.3. The zero-order chi connectivity index (χ0) is 21.0. The van der Waals surface area contributed by atoms with E-state index < -0.39 is 18.0 Å². The minimum Gasteiger partial charge on any atom is -0.351 e. The van der Waals surface area contributed by atoms with Gasteiger partial charge in [-0.15, -0.1) is 0 Å². The number of hydrogen-bond acceptors (Lipinski definition) is 4. The molecule has 1 aromatic heterocycles. The molecule has 0 bridgehead atoms. The SMILES string of the molecule is CCCc1cc(C)c(-c2cc3cnc(=NC(=O)[C@H]4C[C@H]4F)cc-3n3c2NC3C)cn1. The average Bonchev–Trinajstić information content (AvgIpc) is 3.43. The van der Waals surface area contributed by atoms with Crippen LogP contribution >= 0.6 is 0 Å². The lowest BCUT2D eigenvalue weighted by Gasteiger charge is -2.38. The summed E-state index contributed by atoms with van der Waals surface area (Å²) in [5, 5.41) is 3.47. The molecule has 7 heteroatoms. The van der Waals surface area contributed by atoms with Crippen LogP contribution in [0.1, 0.15) is 44.1 Å². The monoisotopic (exact) mass is 405 g/mol. The molecular formula is C23H24FN5O. The molecule has 4 heterocycles. The molecule has 1 N–H and O–H groups in total. The summed E-state index contributed by atoms with van der Waals surface area (Å²) >= 11 is 0. The van der Waals surface area contributed by atoms with Crippen molar-refractivity contribution in [3.63, 3.8) is 0 Å². The van der Waals surface area contributed by atoms with Crippen molar-refractivity contribution in [1.29, 1.82) is 0 Å². The number of alkyl halides is 1. The van der Waals surface area contributed by atoms with Crippen molar-refractivity contribution in [2.45, 2.75) is 52.4 Å². The van der Waals surface area contributed by atoms with E-state index >= 15 is 0 Å². The fraction of sp³-hybridized carbons (Fsp3) is 0.391. The van der Waals surface area contributed by atoms with Gasteiger partial charge in [-0.3, -0.25) is 9.78 Å². The summed E-state index contributed by atoms with van der Waals surface area (Å²) in [5.74, 6) is -0.000290. The molecule has 1 unspecified atom stereocenters. The third-order valence-electron chi connectivity index (χ3n) is 5.90. The van der Waals surface area contributed by atoms with Crippen molar-refractivity contribution >= 4 is 11.7 Å². The van der Waals surface area contributed by atoms with Gasteiger partial charge in [0.1, 0.15) is 18.2 Å². The van der Waals surface area contributed by atoms with Crippen LogP contribution in [0.4, 0.5) is 10.2 Å². The summed E-state index contributed by atoms with van der Waals surface area (Å²) in [6, 6.07) is 6.06. The largest absolute Gasteiger partial charge is 0.351 e. The quantitative estimate of drug-likeness (QED) is 0.711. The van der Waals surface area contributed by atoms with Gasteiger partial charge in [0.05, 0.1) is 11.6 Å². The minimum absolute atomic E-state index is 0.111. The van der Waals surface area contributed by atoms with E-state index in [2.05, 4.69) is 57.7 Å². The summed E-state index contributed by atoms with van der Waals surface area (Å²) in [7, 11) is 0. The maximum absolute atomic E-state index is 13.1. The molecule has 154 valence electrons. The number of nitrogens with zero attached hydrogens (tertiary/aromatic N) is 4. The van der Waals surface area contributed by atoms with Crippen LogP contribution in [0.3, 0.4) is 0 Å². The number of nitrogens with one attached hydrogen (secondary N) is 1. The molecule has 3 aliphatic heterocycles. The van der Waals surface area contributed by atoms with Crippen LogP contribution in [0.15, 0.2) is 35.6 Å². The lowest BCUT2D eigenvalue weighted by Crippen LogP contribution is -2.32. The Kier molecular flexibility index (Phi) is 4.41. The molecule has 0 saturated heterocycles. The van der Waals surface area contributed by atoms with Crippen molar-refractivity contribution in [3.05, 3.63) is 47.3 Å². The maximum Gasteiger partial charge on any atom is 0.253 e. The molecule has 6 nitrogen and oxygen atoms in total. The van der Waals surface area contributed by atoms with Gasteiger partial charge < -0.3 is 9.88 Å². The first kappa shape index (κ1) is 18.9. The number of aryl methyl sites for hydroxylation is 2. The van der Waals surface area contributed by atoms with Crippen LogP contribution in [0.2, 0.25) is 0 Å². The smallest absolute Gasteiger partial charge is 0.253 e. The Morgan fingerprint density at radius 2 is 2.07 bits per heavy atom. The van der Waals surface area contributed by atoms with E-state index in [1.54, 1.807) is 6.20 Å². The standard InChI is InChI=1S/C23H24FN5O/c1-4-5-15-6-12(2)18(11-25-15)16-7-14-10-26-21(28-23(30)17-8-19(17)24)9-20(14)29-13(3)27-22(16)29/h6-7,9-11,13,17,19,27H,4-5,8H2,1-3H3/t13?,17-,19+/m0/s1. The minimum atomic E-state index is -1.05. The number of amides is 1. The first-order valence-corrected chi connectivity index (χ1v) is 10.5. The normalized spacial score (nSPS) is 22.4. The van der Waals surface area contributed by atoms with E-state index in [1.807, 2.05) is 12.3 Å². The molecule has 30 heavy (non-hydrogen) atoms. The third kappa shape index (κ3) is 3.09. The maximum atomic E-state index is 13.1. The molecule has 1 saturated carbocycles. The number of hydrogen-bond donors (Lipinski definition) is 1.